The van der Waals surface area contributed by atoms with Crippen LogP contribution in [0.15, 0.2) is 0 Å². The highest BCUT2D eigenvalue weighted by molar-refractivity contribution is 5.85. The smallest absolute Gasteiger partial charge is 0.238 e. The zero-order chi connectivity index (χ0) is 11.5. The number of primary amides is 1. The van der Waals surface area contributed by atoms with Crippen molar-refractivity contribution in [2.45, 2.75) is 45.2 Å². The molecule has 1 amide bonds. The molecule has 0 spiro atoms. The molecule has 2 unspecified atom stereocenters. The van der Waals surface area contributed by atoms with Gasteiger partial charge in [-0.15, -0.1) is 0 Å². The van der Waals surface area contributed by atoms with Crippen LogP contribution in [-0.4, -0.2) is 30.6 Å². The molecule has 0 bridgehead atoms. The average molecular weight is 213 g/mol. The lowest BCUT2D eigenvalue weighted by molar-refractivity contribution is -0.128. The minimum Gasteiger partial charge on any atom is -0.368 e. The Hall–Kier alpha value is -0.610. The molecule has 1 aliphatic rings. The number of nitrogens with two attached hydrogens (primary N) is 1. The largest absolute Gasteiger partial charge is 0.368 e. The van der Waals surface area contributed by atoms with Gasteiger partial charge in [-0.25, -0.2) is 0 Å². The minimum atomic E-state index is -0.506. The fraction of sp³-hybridized carbons (Fsp3) is 0.909. The number of amides is 1. The van der Waals surface area contributed by atoms with Gasteiger partial charge in [-0.3, -0.25) is 4.79 Å². The molecule has 0 radical (unpaired) electrons. The summed E-state index contributed by atoms with van der Waals surface area (Å²) in [4.78, 5) is 11.7. The highest BCUT2D eigenvalue weighted by Gasteiger charge is 2.44. The normalized spacial score (nSPS) is 31.9. The summed E-state index contributed by atoms with van der Waals surface area (Å²) < 4.78 is 0. The average Bonchev–Trinajstić information content (AvgIpc) is 2.17. The van der Waals surface area contributed by atoms with Crippen molar-refractivity contribution in [2.24, 2.45) is 11.7 Å². The Labute approximate surface area is 92.0 Å². The Morgan fingerprint density at radius 3 is 2.80 bits per heavy atom. The van der Waals surface area contributed by atoms with Gasteiger partial charge in [0.25, 0.3) is 0 Å². The fourth-order valence-corrected chi connectivity index (χ4v) is 2.53. The summed E-state index contributed by atoms with van der Waals surface area (Å²) in [6, 6.07) is 0.282. The van der Waals surface area contributed by atoms with Crippen molar-refractivity contribution in [3.05, 3.63) is 0 Å². The monoisotopic (exact) mass is 213 g/mol. The number of piperidine rings is 1. The first-order valence-corrected chi connectivity index (χ1v) is 5.81. The molecule has 2 atom stereocenters. The molecule has 0 aromatic heterocycles. The molecule has 4 N–H and O–H groups in total. The summed E-state index contributed by atoms with van der Waals surface area (Å²) in [6.07, 6.45) is 1.76. The number of hydrogen-bond donors (Lipinski definition) is 3. The quantitative estimate of drug-likeness (QED) is 0.626. The molecule has 1 heterocycles. The predicted octanol–water partition coefficient (Wildman–Crippen LogP) is 0.228. The van der Waals surface area contributed by atoms with Gasteiger partial charge in [-0.05, 0) is 39.2 Å². The van der Waals surface area contributed by atoms with Crippen LogP contribution in [0.4, 0.5) is 0 Å². The molecule has 4 heteroatoms. The van der Waals surface area contributed by atoms with Gasteiger partial charge >= 0.3 is 0 Å². The van der Waals surface area contributed by atoms with E-state index in [9.17, 15) is 4.79 Å². The molecule has 15 heavy (non-hydrogen) atoms. The molecule has 1 fully saturated rings. The summed E-state index contributed by atoms with van der Waals surface area (Å²) in [5.41, 5.74) is 5.08. The van der Waals surface area contributed by atoms with Crippen LogP contribution in [0.25, 0.3) is 0 Å². The second-order valence-electron chi connectivity index (χ2n) is 4.69. The zero-order valence-electron chi connectivity index (χ0n) is 9.97. The van der Waals surface area contributed by atoms with Crippen LogP contribution in [0, 0.1) is 5.92 Å². The van der Waals surface area contributed by atoms with Crippen LogP contribution in [0.1, 0.15) is 33.6 Å². The molecular weight excluding hydrogens is 190 g/mol. The van der Waals surface area contributed by atoms with Crippen LogP contribution in [0.5, 0.6) is 0 Å². The number of carbonyl (C=O) groups excluding carboxylic acids is 1. The Morgan fingerprint density at radius 1 is 1.67 bits per heavy atom. The van der Waals surface area contributed by atoms with E-state index in [1.165, 1.54) is 0 Å². The van der Waals surface area contributed by atoms with Gasteiger partial charge in [0.05, 0.1) is 0 Å². The van der Waals surface area contributed by atoms with Crippen LogP contribution in [0.2, 0.25) is 0 Å². The minimum absolute atomic E-state index is 0.204. The number of hydrogen-bond acceptors (Lipinski definition) is 3. The van der Waals surface area contributed by atoms with Gasteiger partial charge in [0, 0.05) is 12.6 Å². The summed E-state index contributed by atoms with van der Waals surface area (Å²) in [6.45, 7) is 7.95. The third kappa shape index (κ3) is 2.49. The van der Waals surface area contributed by atoms with Crippen LogP contribution < -0.4 is 16.4 Å². The fourth-order valence-electron chi connectivity index (χ4n) is 2.53. The molecular formula is C11H23N3O. The zero-order valence-corrected chi connectivity index (χ0v) is 9.97. The first-order chi connectivity index (χ1) is 7.03. The van der Waals surface area contributed by atoms with Crippen molar-refractivity contribution < 1.29 is 4.79 Å². The van der Waals surface area contributed by atoms with Crippen LogP contribution >= 0.6 is 0 Å². The lowest BCUT2D eigenvalue weighted by atomic mass is 9.76. The van der Waals surface area contributed by atoms with E-state index in [0.717, 1.165) is 25.9 Å². The number of nitrogens with one attached hydrogen (secondary N) is 2. The van der Waals surface area contributed by atoms with E-state index < -0.39 is 5.54 Å². The topological polar surface area (TPSA) is 67.2 Å². The highest BCUT2D eigenvalue weighted by Crippen LogP contribution is 2.27. The highest BCUT2D eigenvalue weighted by atomic mass is 16.1. The van der Waals surface area contributed by atoms with E-state index in [1.807, 2.05) is 0 Å². The van der Waals surface area contributed by atoms with Gasteiger partial charge in [0.2, 0.25) is 5.91 Å². The van der Waals surface area contributed by atoms with Crippen molar-refractivity contribution in [1.82, 2.24) is 10.6 Å². The van der Waals surface area contributed by atoms with E-state index in [2.05, 4.69) is 31.4 Å². The van der Waals surface area contributed by atoms with Gasteiger partial charge in [0.1, 0.15) is 5.54 Å². The molecule has 0 aromatic carbocycles. The second-order valence-corrected chi connectivity index (χ2v) is 4.69. The van der Waals surface area contributed by atoms with E-state index in [1.54, 1.807) is 0 Å². The lowest BCUT2D eigenvalue weighted by Gasteiger charge is -2.43. The summed E-state index contributed by atoms with van der Waals surface area (Å²) in [7, 11) is 0. The van der Waals surface area contributed by atoms with Crippen molar-refractivity contribution in [3.63, 3.8) is 0 Å². The van der Waals surface area contributed by atoms with Crippen molar-refractivity contribution in [1.29, 1.82) is 0 Å². The predicted molar refractivity (Wildman–Crippen MR) is 61.5 cm³/mol. The molecule has 1 saturated heterocycles. The van der Waals surface area contributed by atoms with Crippen molar-refractivity contribution in [2.75, 3.05) is 13.1 Å². The molecule has 4 nitrogen and oxygen atoms in total. The molecule has 0 aromatic rings. The maximum absolute atomic E-state index is 11.7. The van der Waals surface area contributed by atoms with Gasteiger partial charge in [0.15, 0.2) is 0 Å². The summed E-state index contributed by atoms with van der Waals surface area (Å²) in [5.74, 6) is 0.0932. The Balaban J connectivity index is 2.89. The van der Waals surface area contributed by atoms with Gasteiger partial charge in [-0.1, -0.05) is 6.92 Å². The molecule has 1 aliphatic heterocycles. The van der Waals surface area contributed by atoms with Gasteiger partial charge < -0.3 is 16.4 Å². The first-order valence-electron chi connectivity index (χ1n) is 5.81. The number of rotatable bonds is 4. The van der Waals surface area contributed by atoms with E-state index in [-0.39, 0.29) is 11.9 Å². The van der Waals surface area contributed by atoms with Crippen LogP contribution in [0.3, 0.4) is 0 Å². The van der Waals surface area contributed by atoms with E-state index in [0.29, 0.717) is 5.92 Å². The Bertz CT molecular complexity index is 230. The van der Waals surface area contributed by atoms with E-state index in [4.69, 9.17) is 5.73 Å². The first kappa shape index (κ1) is 12.5. The lowest BCUT2D eigenvalue weighted by Crippen LogP contribution is -2.67. The van der Waals surface area contributed by atoms with Gasteiger partial charge in [-0.2, -0.15) is 0 Å². The SMILES string of the molecule is CCC1CNCCC1(NC(C)C)C(N)=O. The van der Waals surface area contributed by atoms with Crippen molar-refractivity contribution in [3.8, 4) is 0 Å². The summed E-state index contributed by atoms with van der Waals surface area (Å²) >= 11 is 0. The Kier molecular flexibility index (Phi) is 4.11. The number of carbonyl (C=O) groups is 1. The second kappa shape index (κ2) is 4.94. The standard InChI is InChI=1S/C11H23N3O/c1-4-9-7-13-6-5-11(9,10(12)15)14-8(2)3/h8-9,13-14H,4-7H2,1-3H3,(H2,12,15). The molecule has 1 rings (SSSR count). The summed E-state index contributed by atoms with van der Waals surface area (Å²) in [5, 5.41) is 6.70. The Morgan fingerprint density at radius 2 is 2.33 bits per heavy atom. The van der Waals surface area contributed by atoms with E-state index >= 15 is 0 Å². The van der Waals surface area contributed by atoms with Crippen molar-refractivity contribution >= 4 is 5.91 Å². The molecule has 0 aliphatic carbocycles. The van der Waals surface area contributed by atoms with Crippen LogP contribution in [-0.2, 0) is 4.79 Å². The maximum Gasteiger partial charge on any atom is 0.238 e. The maximum atomic E-state index is 11.7. The molecule has 88 valence electrons. The third-order valence-electron chi connectivity index (χ3n) is 3.26. The molecule has 0 saturated carbocycles. The third-order valence-corrected chi connectivity index (χ3v) is 3.26.